The summed E-state index contributed by atoms with van der Waals surface area (Å²) in [6, 6.07) is 7.84. The zero-order chi connectivity index (χ0) is 12.7. The Labute approximate surface area is 99.7 Å². The van der Waals surface area contributed by atoms with Crippen LogP contribution in [0.2, 0.25) is 0 Å². The van der Waals surface area contributed by atoms with E-state index in [9.17, 15) is 9.59 Å². The smallest absolute Gasteiger partial charge is 0.330 e. The van der Waals surface area contributed by atoms with Crippen molar-refractivity contribution in [2.45, 2.75) is 6.04 Å². The molecule has 0 aromatic heterocycles. The molecule has 0 unspecified atom stereocenters. The van der Waals surface area contributed by atoms with Crippen molar-refractivity contribution in [3.8, 4) is 0 Å². The van der Waals surface area contributed by atoms with Crippen molar-refractivity contribution >= 4 is 11.9 Å². The average Bonchev–Trinajstić information content (AvgIpc) is 2.38. The number of benzene rings is 1. The largest absolute Gasteiger partial charge is 0.467 e. The summed E-state index contributed by atoms with van der Waals surface area (Å²) in [5, 5.41) is 2.55. The van der Waals surface area contributed by atoms with Crippen LogP contribution in [0.25, 0.3) is 0 Å². The van der Waals surface area contributed by atoms with Gasteiger partial charge in [0, 0.05) is 12.7 Å². The van der Waals surface area contributed by atoms with Crippen LogP contribution in [0.4, 0.5) is 0 Å². The van der Waals surface area contributed by atoms with E-state index in [-0.39, 0.29) is 12.5 Å². The van der Waals surface area contributed by atoms with E-state index >= 15 is 0 Å². The third-order valence-electron chi connectivity index (χ3n) is 2.16. The van der Waals surface area contributed by atoms with Crippen molar-refractivity contribution in [3.05, 3.63) is 35.9 Å². The van der Waals surface area contributed by atoms with Crippen molar-refractivity contribution in [2.75, 3.05) is 20.8 Å². The molecule has 0 fully saturated rings. The molecule has 0 radical (unpaired) electrons. The Hall–Kier alpha value is -1.88. The molecule has 0 aliphatic rings. The van der Waals surface area contributed by atoms with Gasteiger partial charge in [0.25, 0.3) is 5.91 Å². The van der Waals surface area contributed by atoms with Crippen LogP contribution in [0, 0.1) is 0 Å². The maximum absolute atomic E-state index is 11.8. The Morgan fingerprint density at radius 1 is 1.24 bits per heavy atom. The fourth-order valence-corrected chi connectivity index (χ4v) is 1.31. The molecule has 5 nitrogen and oxygen atoms in total. The van der Waals surface area contributed by atoms with Gasteiger partial charge in [0.1, 0.15) is 0 Å². The molecular weight excluding hydrogens is 222 g/mol. The summed E-state index contributed by atoms with van der Waals surface area (Å²) in [6.07, 6.45) is 0. The van der Waals surface area contributed by atoms with Gasteiger partial charge < -0.3 is 14.8 Å². The quantitative estimate of drug-likeness (QED) is 0.762. The number of ether oxygens (including phenoxy) is 2. The SMILES string of the molecule is COC[C@H](NC(=O)c1ccccc1)C(=O)OC. The van der Waals surface area contributed by atoms with Gasteiger partial charge in [-0.3, -0.25) is 4.79 Å². The number of carbonyl (C=O) groups is 2. The van der Waals surface area contributed by atoms with Crippen molar-refractivity contribution in [1.29, 1.82) is 0 Å². The van der Waals surface area contributed by atoms with E-state index in [1.54, 1.807) is 24.3 Å². The molecule has 0 spiro atoms. The zero-order valence-electron chi connectivity index (χ0n) is 9.80. The molecule has 0 saturated carbocycles. The first-order chi connectivity index (χ1) is 8.19. The van der Waals surface area contributed by atoms with E-state index in [0.717, 1.165) is 0 Å². The number of amides is 1. The third-order valence-corrected chi connectivity index (χ3v) is 2.16. The van der Waals surface area contributed by atoms with Crippen LogP contribution in [0.1, 0.15) is 10.4 Å². The summed E-state index contributed by atoms with van der Waals surface area (Å²) in [6.45, 7) is 0.0746. The standard InChI is InChI=1S/C12H15NO4/c1-16-8-10(12(15)17-2)13-11(14)9-6-4-3-5-7-9/h3-7,10H,8H2,1-2H3,(H,13,14)/t10-/m0/s1. The molecule has 0 heterocycles. The molecular formula is C12H15NO4. The number of nitrogens with one attached hydrogen (secondary N) is 1. The molecule has 0 saturated heterocycles. The van der Waals surface area contributed by atoms with Gasteiger partial charge in [-0.1, -0.05) is 18.2 Å². The van der Waals surface area contributed by atoms with Crippen molar-refractivity contribution in [2.24, 2.45) is 0 Å². The molecule has 17 heavy (non-hydrogen) atoms. The summed E-state index contributed by atoms with van der Waals surface area (Å²) >= 11 is 0. The molecule has 92 valence electrons. The highest BCUT2D eigenvalue weighted by Gasteiger charge is 2.21. The summed E-state index contributed by atoms with van der Waals surface area (Å²) in [7, 11) is 2.71. The predicted octanol–water partition coefficient (Wildman–Crippen LogP) is 0.604. The first-order valence-corrected chi connectivity index (χ1v) is 5.11. The van der Waals surface area contributed by atoms with Crippen molar-refractivity contribution in [1.82, 2.24) is 5.32 Å². The van der Waals surface area contributed by atoms with Gasteiger partial charge in [0.2, 0.25) is 0 Å². The van der Waals surface area contributed by atoms with E-state index in [1.807, 2.05) is 6.07 Å². The molecule has 1 amide bonds. The lowest BCUT2D eigenvalue weighted by Crippen LogP contribution is -2.44. The topological polar surface area (TPSA) is 64.6 Å². The zero-order valence-corrected chi connectivity index (χ0v) is 9.80. The van der Waals surface area contributed by atoms with Gasteiger partial charge in [-0.25, -0.2) is 4.79 Å². The fourth-order valence-electron chi connectivity index (χ4n) is 1.31. The lowest BCUT2D eigenvalue weighted by Gasteiger charge is -2.15. The minimum Gasteiger partial charge on any atom is -0.467 e. The third kappa shape index (κ3) is 3.88. The Morgan fingerprint density at radius 2 is 1.88 bits per heavy atom. The number of hydrogen-bond acceptors (Lipinski definition) is 4. The van der Waals surface area contributed by atoms with Crippen molar-refractivity contribution < 1.29 is 19.1 Å². The summed E-state index contributed by atoms with van der Waals surface area (Å²) in [4.78, 5) is 23.1. The van der Waals surface area contributed by atoms with Gasteiger partial charge in [0.15, 0.2) is 6.04 Å². The average molecular weight is 237 g/mol. The van der Waals surface area contributed by atoms with Gasteiger partial charge in [-0.15, -0.1) is 0 Å². The molecule has 0 aliphatic heterocycles. The normalized spacial score (nSPS) is 11.6. The second-order valence-corrected chi connectivity index (χ2v) is 3.37. The van der Waals surface area contributed by atoms with Gasteiger partial charge in [0.05, 0.1) is 13.7 Å². The van der Waals surface area contributed by atoms with E-state index < -0.39 is 12.0 Å². The summed E-state index contributed by atoms with van der Waals surface area (Å²) < 4.78 is 9.42. The molecule has 1 N–H and O–H groups in total. The highest BCUT2D eigenvalue weighted by Crippen LogP contribution is 1.99. The van der Waals surface area contributed by atoms with Crippen molar-refractivity contribution in [3.63, 3.8) is 0 Å². The maximum atomic E-state index is 11.8. The first kappa shape index (κ1) is 13.2. The Bertz CT molecular complexity index is 377. The number of methoxy groups -OCH3 is 2. The minimum absolute atomic E-state index is 0.0746. The van der Waals surface area contributed by atoms with E-state index in [2.05, 4.69) is 10.1 Å². The summed E-state index contributed by atoms with van der Waals surface area (Å²) in [5.41, 5.74) is 0.484. The highest BCUT2D eigenvalue weighted by molar-refractivity contribution is 5.96. The van der Waals surface area contributed by atoms with Crippen LogP contribution >= 0.6 is 0 Å². The van der Waals surface area contributed by atoms with Crippen LogP contribution in [0.15, 0.2) is 30.3 Å². The van der Waals surface area contributed by atoms with Crippen LogP contribution in [0.3, 0.4) is 0 Å². The van der Waals surface area contributed by atoms with Crippen LogP contribution in [-0.4, -0.2) is 38.7 Å². The monoisotopic (exact) mass is 237 g/mol. The van der Waals surface area contributed by atoms with E-state index in [0.29, 0.717) is 5.56 Å². The van der Waals surface area contributed by atoms with Gasteiger partial charge in [-0.2, -0.15) is 0 Å². The number of rotatable bonds is 5. The number of hydrogen-bond donors (Lipinski definition) is 1. The van der Waals surface area contributed by atoms with Gasteiger partial charge >= 0.3 is 5.97 Å². The minimum atomic E-state index is -0.794. The van der Waals surface area contributed by atoms with Crippen LogP contribution in [-0.2, 0) is 14.3 Å². The second-order valence-electron chi connectivity index (χ2n) is 3.37. The molecule has 1 rings (SSSR count). The molecule has 5 heteroatoms. The predicted molar refractivity (Wildman–Crippen MR) is 61.6 cm³/mol. The maximum Gasteiger partial charge on any atom is 0.330 e. The Balaban J connectivity index is 2.67. The molecule has 1 aromatic carbocycles. The number of carbonyl (C=O) groups excluding carboxylic acids is 2. The van der Waals surface area contributed by atoms with Crippen LogP contribution < -0.4 is 5.32 Å². The number of esters is 1. The van der Waals surface area contributed by atoms with Gasteiger partial charge in [-0.05, 0) is 12.1 Å². The Morgan fingerprint density at radius 3 is 2.41 bits per heavy atom. The van der Waals surface area contributed by atoms with E-state index in [1.165, 1.54) is 14.2 Å². The molecule has 0 aliphatic carbocycles. The molecule has 0 bridgehead atoms. The van der Waals surface area contributed by atoms with Crippen LogP contribution in [0.5, 0.6) is 0 Å². The Kier molecular flexibility index (Phi) is 5.16. The molecule has 1 atom stereocenters. The van der Waals surface area contributed by atoms with E-state index in [4.69, 9.17) is 4.74 Å². The second kappa shape index (κ2) is 6.65. The lowest BCUT2D eigenvalue weighted by atomic mass is 10.2. The first-order valence-electron chi connectivity index (χ1n) is 5.11. The molecule has 1 aromatic rings. The summed E-state index contributed by atoms with van der Waals surface area (Å²) in [5.74, 6) is -0.866. The fraction of sp³-hybridized carbons (Fsp3) is 0.333. The highest BCUT2D eigenvalue weighted by atomic mass is 16.5. The lowest BCUT2D eigenvalue weighted by molar-refractivity contribution is -0.144.